The van der Waals surface area contributed by atoms with Crippen molar-refractivity contribution < 1.29 is 14.6 Å². The summed E-state index contributed by atoms with van der Waals surface area (Å²) in [6.07, 6.45) is 4.58. The molecule has 0 atom stereocenters. The third-order valence-corrected chi connectivity index (χ3v) is 6.07. The molecule has 0 aliphatic heterocycles. The fourth-order valence-corrected chi connectivity index (χ4v) is 4.64. The predicted molar refractivity (Wildman–Crippen MR) is 113 cm³/mol. The van der Waals surface area contributed by atoms with Crippen molar-refractivity contribution in [2.24, 2.45) is 0 Å². The Morgan fingerprint density at radius 1 is 1.07 bits per heavy atom. The van der Waals surface area contributed by atoms with Crippen LogP contribution in [0.1, 0.15) is 32.1 Å². The van der Waals surface area contributed by atoms with Gasteiger partial charge in [0.15, 0.2) is 5.13 Å². The third kappa shape index (κ3) is 4.95. The molecule has 0 saturated heterocycles. The van der Waals surface area contributed by atoms with Crippen LogP contribution in [0.5, 0.6) is 11.5 Å². The van der Waals surface area contributed by atoms with Crippen molar-refractivity contribution >= 4 is 22.4 Å². The van der Waals surface area contributed by atoms with E-state index in [0.717, 1.165) is 40.7 Å². The number of ether oxygens (including phenoxy) is 1. The lowest BCUT2D eigenvalue weighted by Crippen LogP contribution is -2.37. The number of rotatable bonds is 8. The van der Waals surface area contributed by atoms with Gasteiger partial charge in [-0.05, 0) is 49.2 Å². The minimum Gasteiger partial charge on any atom is -0.550 e. The van der Waals surface area contributed by atoms with Crippen LogP contribution in [0.15, 0.2) is 60.0 Å². The Morgan fingerprint density at radius 3 is 2.45 bits per heavy atom. The Morgan fingerprint density at radius 2 is 1.76 bits per heavy atom. The zero-order valence-corrected chi connectivity index (χ0v) is 16.9. The van der Waals surface area contributed by atoms with Crippen molar-refractivity contribution in [1.29, 1.82) is 0 Å². The summed E-state index contributed by atoms with van der Waals surface area (Å²) >= 11 is 1.57. The van der Waals surface area contributed by atoms with Crippen molar-refractivity contribution in [1.82, 2.24) is 4.98 Å². The highest BCUT2D eigenvalue weighted by molar-refractivity contribution is 7.14. The molecule has 0 bridgehead atoms. The molecular formula is C23H23N2O3S-. The highest BCUT2D eigenvalue weighted by atomic mass is 32.1. The standard InChI is InChI=1S/C23H24N2O3S/c26-22(27)14-15-25(18-6-4-5-7-18)23-24-21(16-29-23)17-10-12-20(13-11-17)28-19-8-2-1-3-9-19/h1-3,8-13,16,18H,4-7,14-15H2,(H,26,27)/p-1. The van der Waals surface area contributed by atoms with Crippen LogP contribution in [-0.4, -0.2) is 23.5 Å². The number of carboxylic acid groups (broad SMARTS) is 1. The maximum absolute atomic E-state index is 11.0. The van der Waals surface area contributed by atoms with E-state index in [0.29, 0.717) is 12.6 Å². The molecule has 3 aromatic rings. The first kappa shape index (κ1) is 19.5. The molecule has 0 amide bonds. The first-order chi connectivity index (χ1) is 14.2. The Kier molecular flexibility index (Phi) is 6.10. The molecule has 29 heavy (non-hydrogen) atoms. The van der Waals surface area contributed by atoms with Crippen LogP contribution in [0, 0.1) is 0 Å². The van der Waals surface area contributed by atoms with Gasteiger partial charge in [0.25, 0.3) is 0 Å². The Bertz CT molecular complexity index is 934. The van der Waals surface area contributed by atoms with E-state index in [1.54, 1.807) is 11.3 Å². The van der Waals surface area contributed by atoms with Crippen molar-refractivity contribution in [2.75, 3.05) is 11.4 Å². The second-order valence-corrected chi connectivity index (χ2v) is 8.05. The van der Waals surface area contributed by atoms with Gasteiger partial charge in [-0.15, -0.1) is 11.3 Å². The number of nitrogens with zero attached hydrogens (tertiary/aromatic N) is 2. The number of hydrogen-bond acceptors (Lipinski definition) is 6. The lowest BCUT2D eigenvalue weighted by atomic mass is 10.2. The molecule has 0 N–H and O–H groups in total. The summed E-state index contributed by atoms with van der Waals surface area (Å²) in [5.41, 5.74) is 1.91. The van der Waals surface area contributed by atoms with Crippen LogP contribution in [0.4, 0.5) is 5.13 Å². The minimum atomic E-state index is -1.02. The van der Waals surface area contributed by atoms with Gasteiger partial charge in [-0.25, -0.2) is 4.98 Å². The minimum absolute atomic E-state index is 0.0247. The normalized spacial score (nSPS) is 14.1. The molecule has 1 fully saturated rings. The maximum atomic E-state index is 11.0. The summed E-state index contributed by atoms with van der Waals surface area (Å²) < 4.78 is 5.85. The van der Waals surface area contributed by atoms with Crippen LogP contribution >= 0.6 is 11.3 Å². The SMILES string of the molecule is O=C([O-])CCN(c1nc(-c2ccc(Oc3ccccc3)cc2)cs1)C1CCCC1. The number of aliphatic carboxylic acids is 1. The Balaban J connectivity index is 1.48. The summed E-state index contributed by atoms with van der Waals surface area (Å²) in [4.78, 5) is 17.9. The number of carbonyl (C=O) groups is 1. The van der Waals surface area contributed by atoms with Crippen molar-refractivity contribution in [2.45, 2.75) is 38.1 Å². The summed E-state index contributed by atoms with van der Waals surface area (Å²) in [7, 11) is 0. The number of aromatic nitrogens is 1. The number of hydrogen-bond donors (Lipinski definition) is 0. The highest BCUT2D eigenvalue weighted by Gasteiger charge is 2.25. The summed E-state index contributed by atoms with van der Waals surface area (Å²) in [5.74, 6) is 0.562. The van der Waals surface area contributed by atoms with Gasteiger partial charge in [-0.1, -0.05) is 31.0 Å². The summed E-state index contributed by atoms with van der Waals surface area (Å²) in [6.45, 7) is 0.448. The topological polar surface area (TPSA) is 65.5 Å². The van der Waals surface area contributed by atoms with Gasteiger partial charge < -0.3 is 19.5 Å². The Labute approximate surface area is 174 Å². The molecular weight excluding hydrogens is 384 g/mol. The molecule has 6 heteroatoms. The van der Waals surface area contributed by atoms with E-state index >= 15 is 0 Å². The molecule has 150 valence electrons. The van der Waals surface area contributed by atoms with E-state index in [2.05, 4.69) is 4.90 Å². The summed E-state index contributed by atoms with van der Waals surface area (Å²) in [5, 5.41) is 13.9. The van der Waals surface area contributed by atoms with Crippen molar-refractivity contribution in [3.8, 4) is 22.8 Å². The largest absolute Gasteiger partial charge is 0.550 e. The lowest BCUT2D eigenvalue weighted by Gasteiger charge is -2.28. The molecule has 4 rings (SSSR count). The van der Waals surface area contributed by atoms with Crippen LogP contribution in [-0.2, 0) is 4.79 Å². The molecule has 0 spiro atoms. The molecule has 0 radical (unpaired) electrons. The fraction of sp³-hybridized carbons (Fsp3) is 0.304. The second-order valence-electron chi connectivity index (χ2n) is 7.21. The van der Waals surface area contributed by atoms with Crippen LogP contribution in [0.2, 0.25) is 0 Å². The van der Waals surface area contributed by atoms with E-state index in [1.807, 2.05) is 60.0 Å². The highest BCUT2D eigenvalue weighted by Crippen LogP contribution is 2.34. The lowest BCUT2D eigenvalue weighted by molar-refractivity contribution is -0.305. The molecule has 1 heterocycles. The van der Waals surface area contributed by atoms with Gasteiger partial charge in [0.05, 0.1) is 5.69 Å². The van der Waals surface area contributed by atoms with Gasteiger partial charge in [-0.2, -0.15) is 0 Å². The number of benzene rings is 2. The van der Waals surface area contributed by atoms with E-state index in [9.17, 15) is 9.90 Å². The monoisotopic (exact) mass is 407 g/mol. The molecule has 5 nitrogen and oxygen atoms in total. The van der Waals surface area contributed by atoms with E-state index in [4.69, 9.17) is 9.72 Å². The van der Waals surface area contributed by atoms with Crippen LogP contribution in [0.3, 0.4) is 0 Å². The summed E-state index contributed by atoms with van der Waals surface area (Å²) in [6, 6.07) is 17.9. The number of thiazole rings is 1. The molecule has 1 saturated carbocycles. The predicted octanol–water partition coefficient (Wildman–Crippen LogP) is 4.49. The average molecular weight is 408 g/mol. The zero-order valence-electron chi connectivity index (χ0n) is 16.1. The first-order valence-corrected chi connectivity index (χ1v) is 10.8. The van der Waals surface area contributed by atoms with Gasteiger partial charge in [0, 0.05) is 35.9 Å². The van der Waals surface area contributed by atoms with Crippen LogP contribution < -0.4 is 14.7 Å². The third-order valence-electron chi connectivity index (χ3n) is 5.19. The van der Waals surface area contributed by atoms with Crippen molar-refractivity contribution in [3.05, 3.63) is 60.0 Å². The maximum Gasteiger partial charge on any atom is 0.186 e. The smallest absolute Gasteiger partial charge is 0.186 e. The van der Waals surface area contributed by atoms with E-state index in [-0.39, 0.29) is 6.42 Å². The first-order valence-electron chi connectivity index (χ1n) is 9.94. The number of carboxylic acids is 1. The van der Waals surface area contributed by atoms with Crippen LogP contribution in [0.25, 0.3) is 11.3 Å². The molecule has 1 aromatic heterocycles. The quantitative estimate of drug-likeness (QED) is 0.550. The van der Waals surface area contributed by atoms with Gasteiger partial charge in [0.2, 0.25) is 0 Å². The fourth-order valence-electron chi connectivity index (χ4n) is 3.71. The van der Waals surface area contributed by atoms with Crippen molar-refractivity contribution in [3.63, 3.8) is 0 Å². The van der Waals surface area contributed by atoms with E-state index < -0.39 is 5.97 Å². The van der Waals surface area contributed by atoms with Gasteiger partial charge in [0.1, 0.15) is 11.5 Å². The number of para-hydroxylation sites is 1. The molecule has 0 unspecified atom stereocenters. The number of anilines is 1. The number of carbonyl (C=O) groups excluding carboxylic acids is 1. The molecule has 2 aromatic carbocycles. The van der Waals surface area contributed by atoms with Gasteiger partial charge in [-0.3, -0.25) is 0 Å². The molecule has 1 aliphatic rings. The van der Waals surface area contributed by atoms with E-state index in [1.165, 1.54) is 12.8 Å². The van der Waals surface area contributed by atoms with Gasteiger partial charge >= 0.3 is 0 Å². The second kappa shape index (κ2) is 9.09. The molecule has 1 aliphatic carbocycles. The Hall–Kier alpha value is -2.86. The zero-order chi connectivity index (χ0) is 20.1. The average Bonchev–Trinajstić information content (AvgIpc) is 3.42.